The molecule has 2 amide bonds. The number of methoxy groups -OCH3 is 2. The number of thiophene rings is 1. The van der Waals surface area contributed by atoms with Crippen LogP contribution in [0.1, 0.15) is 4.88 Å². The summed E-state index contributed by atoms with van der Waals surface area (Å²) >= 11 is 7.61. The molecule has 1 aliphatic heterocycles. The monoisotopic (exact) mass is 440 g/mol. The van der Waals surface area contributed by atoms with E-state index >= 15 is 0 Å². The number of nitrogens with one attached hydrogen (secondary N) is 1. The minimum absolute atomic E-state index is 0.208. The van der Waals surface area contributed by atoms with E-state index in [0.717, 1.165) is 4.90 Å². The molecule has 0 spiro atoms. The van der Waals surface area contributed by atoms with Crippen LogP contribution in [0.2, 0.25) is 5.02 Å². The summed E-state index contributed by atoms with van der Waals surface area (Å²) in [7, 11) is 3.08. The van der Waals surface area contributed by atoms with E-state index in [9.17, 15) is 9.59 Å². The number of benzene rings is 2. The van der Waals surface area contributed by atoms with Crippen molar-refractivity contribution in [3.8, 4) is 11.5 Å². The normalized spacial score (nSPS) is 13.8. The Balaban J connectivity index is 1.75. The summed E-state index contributed by atoms with van der Waals surface area (Å²) in [6.45, 7) is 0. The molecule has 8 heteroatoms. The Kier molecular flexibility index (Phi) is 5.48. The Hall–Kier alpha value is -3.29. The number of carbonyl (C=O) groups excluding carboxylic acids is 2. The van der Waals surface area contributed by atoms with Crippen molar-refractivity contribution in [3.05, 3.63) is 75.6 Å². The molecule has 0 radical (unpaired) electrons. The van der Waals surface area contributed by atoms with Crippen LogP contribution < -0.4 is 19.7 Å². The summed E-state index contributed by atoms with van der Waals surface area (Å²) in [6, 6.07) is 15.5. The highest BCUT2D eigenvalue weighted by Crippen LogP contribution is 2.37. The molecule has 3 aromatic rings. The van der Waals surface area contributed by atoms with Crippen LogP contribution in [0.5, 0.6) is 11.5 Å². The summed E-state index contributed by atoms with van der Waals surface area (Å²) in [5.74, 6) is 0.277. The Bertz CT molecular complexity index is 1140. The van der Waals surface area contributed by atoms with Crippen molar-refractivity contribution >= 4 is 51.7 Å². The zero-order valence-electron chi connectivity index (χ0n) is 16.1. The van der Waals surface area contributed by atoms with Gasteiger partial charge in [-0.3, -0.25) is 9.59 Å². The third-order valence-electron chi connectivity index (χ3n) is 4.60. The van der Waals surface area contributed by atoms with Crippen molar-refractivity contribution < 1.29 is 19.1 Å². The van der Waals surface area contributed by atoms with Gasteiger partial charge in [-0.1, -0.05) is 17.7 Å². The molecular formula is C22H17ClN2O4S. The summed E-state index contributed by atoms with van der Waals surface area (Å²) in [5.41, 5.74) is 1.56. The first-order valence-electron chi connectivity index (χ1n) is 8.95. The maximum Gasteiger partial charge on any atom is 0.282 e. The SMILES string of the molecule is COc1ccc(NC2=C(c3cccs3)C(=O)N(c3ccc(OC)c(Cl)c3)C2=O)cc1. The van der Waals surface area contributed by atoms with Crippen LogP contribution in [0.15, 0.2) is 65.7 Å². The van der Waals surface area contributed by atoms with Gasteiger partial charge in [0.05, 0.1) is 30.5 Å². The van der Waals surface area contributed by atoms with E-state index in [0.29, 0.717) is 38.3 Å². The lowest BCUT2D eigenvalue weighted by atomic mass is 10.2. The van der Waals surface area contributed by atoms with Crippen LogP contribution in [-0.2, 0) is 9.59 Å². The minimum Gasteiger partial charge on any atom is -0.497 e. The molecule has 2 aromatic carbocycles. The highest BCUT2D eigenvalue weighted by molar-refractivity contribution is 7.11. The fraction of sp³-hybridized carbons (Fsp3) is 0.0909. The molecule has 1 aromatic heterocycles. The van der Waals surface area contributed by atoms with Gasteiger partial charge in [-0.2, -0.15) is 0 Å². The Morgan fingerprint density at radius 3 is 2.33 bits per heavy atom. The lowest BCUT2D eigenvalue weighted by Gasteiger charge is -2.16. The molecular weight excluding hydrogens is 424 g/mol. The topological polar surface area (TPSA) is 67.9 Å². The molecule has 0 aliphatic carbocycles. The molecule has 30 heavy (non-hydrogen) atoms. The number of rotatable bonds is 6. The maximum absolute atomic E-state index is 13.3. The standard InChI is InChI=1S/C22H17ClN2O4S/c1-28-15-8-5-13(6-9-15)24-20-19(18-4-3-11-30-18)21(26)25(22(20)27)14-7-10-17(29-2)16(23)12-14/h3-12,24H,1-2H3. The molecule has 0 fully saturated rings. The van der Waals surface area contributed by atoms with Gasteiger partial charge in [0.15, 0.2) is 0 Å². The number of hydrogen-bond donors (Lipinski definition) is 1. The number of nitrogens with zero attached hydrogens (tertiary/aromatic N) is 1. The summed E-state index contributed by atoms with van der Waals surface area (Å²) in [4.78, 5) is 28.4. The van der Waals surface area contributed by atoms with E-state index < -0.39 is 11.8 Å². The number of ether oxygens (including phenoxy) is 2. The Morgan fingerprint density at radius 2 is 1.73 bits per heavy atom. The average Bonchev–Trinajstić information content (AvgIpc) is 3.35. The van der Waals surface area contributed by atoms with E-state index in [1.165, 1.54) is 18.4 Å². The largest absolute Gasteiger partial charge is 0.497 e. The van der Waals surface area contributed by atoms with E-state index in [2.05, 4.69) is 5.32 Å². The van der Waals surface area contributed by atoms with Crippen molar-refractivity contribution in [1.29, 1.82) is 0 Å². The summed E-state index contributed by atoms with van der Waals surface area (Å²) in [5, 5.41) is 5.28. The molecule has 0 unspecified atom stereocenters. The summed E-state index contributed by atoms with van der Waals surface area (Å²) < 4.78 is 10.3. The Labute approximate surface area is 182 Å². The van der Waals surface area contributed by atoms with Gasteiger partial charge in [-0.15, -0.1) is 11.3 Å². The van der Waals surface area contributed by atoms with Crippen molar-refractivity contribution in [2.45, 2.75) is 0 Å². The van der Waals surface area contributed by atoms with E-state index in [-0.39, 0.29) is 5.70 Å². The maximum atomic E-state index is 13.3. The zero-order valence-corrected chi connectivity index (χ0v) is 17.7. The number of hydrogen-bond acceptors (Lipinski definition) is 6. The smallest absolute Gasteiger partial charge is 0.282 e. The van der Waals surface area contributed by atoms with Gasteiger partial charge < -0.3 is 14.8 Å². The van der Waals surface area contributed by atoms with E-state index in [1.807, 2.05) is 17.5 Å². The Morgan fingerprint density at radius 1 is 0.967 bits per heavy atom. The van der Waals surface area contributed by atoms with Gasteiger partial charge >= 0.3 is 0 Å². The molecule has 4 rings (SSSR count). The number of carbonyl (C=O) groups is 2. The van der Waals surface area contributed by atoms with Crippen LogP contribution in [-0.4, -0.2) is 26.0 Å². The predicted octanol–water partition coefficient (Wildman–Crippen LogP) is 4.82. The van der Waals surface area contributed by atoms with Gasteiger partial charge in [0, 0.05) is 10.6 Å². The van der Waals surface area contributed by atoms with Crippen LogP contribution in [0.4, 0.5) is 11.4 Å². The lowest BCUT2D eigenvalue weighted by Crippen LogP contribution is -2.32. The second kappa shape index (κ2) is 8.22. The van der Waals surface area contributed by atoms with Gasteiger partial charge in [0.1, 0.15) is 17.2 Å². The fourth-order valence-electron chi connectivity index (χ4n) is 3.14. The molecule has 1 N–H and O–H groups in total. The zero-order chi connectivity index (χ0) is 21.3. The predicted molar refractivity (Wildman–Crippen MR) is 118 cm³/mol. The lowest BCUT2D eigenvalue weighted by molar-refractivity contribution is -0.120. The molecule has 2 heterocycles. The highest BCUT2D eigenvalue weighted by Gasteiger charge is 2.40. The van der Waals surface area contributed by atoms with Crippen molar-refractivity contribution in [2.75, 3.05) is 24.4 Å². The molecule has 0 atom stereocenters. The molecule has 0 saturated heterocycles. The average molecular weight is 441 g/mol. The van der Waals surface area contributed by atoms with Crippen molar-refractivity contribution in [3.63, 3.8) is 0 Å². The first-order chi connectivity index (χ1) is 14.5. The fourth-order valence-corrected chi connectivity index (χ4v) is 4.16. The molecule has 6 nitrogen and oxygen atoms in total. The van der Waals surface area contributed by atoms with Gasteiger partial charge in [0.2, 0.25) is 0 Å². The molecule has 0 saturated carbocycles. The van der Waals surface area contributed by atoms with Crippen LogP contribution >= 0.6 is 22.9 Å². The summed E-state index contributed by atoms with van der Waals surface area (Å²) in [6.07, 6.45) is 0. The number of halogens is 1. The first-order valence-corrected chi connectivity index (χ1v) is 10.2. The highest BCUT2D eigenvalue weighted by atomic mass is 35.5. The van der Waals surface area contributed by atoms with Crippen molar-refractivity contribution in [2.24, 2.45) is 0 Å². The quantitative estimate of drug-likeness (QED) is 0.557. The van der Waals surface area contributed by atoms with Crippen molar-refractivity contribution in [1.82, 2.24) is 0 Å². The third-order valence-corrected chi connectivity index (χ3v) is 5.79. The second-order valence-electron chi connectivity index (χ2n) is 6.35. The number of amides is 2. The molecule has 1 aliphatic rings. The first kappa shape index (κ1) is 20.0. The van der Waals surface area contributed by atoms with E-state index in [1.54, 1.807) is 49.6 Å². The van der Waals surface area contributed by atoms with Crippen LogP contribution in [0.3, 0.4) is 0 Å². The third kappa shape index (κ3) is 3.53. The van der Waals surface area contributed by atoms with Gasteiger partial charge in [-0.05, 0) is 53.9 Å². The van der Waals surface area contributed by atoms with Crippen LogP contribution in [0, 0.1) is 0 Å². The van der Waals surface area contributed by atoms with Gasteiger partial charge in [0.25, 0.3) is 11.8 Å². The number of anilines is 2. The number of imide groups is 1. The molecule has 0 bridgehead atoms. The molecule has 152 valence electrons. The van der Waals surface area contributed by atoms with E-state index in [4.69, 9.17) is 21.1 Å². The van der Waals surface area contributed by atoms with Crippen LogP contribution in [0.25, 0.3) is 5.57 Å². The minimum atomic E-state index is -0.458. The second-order valence-corrected chi connectivity index (χ2v) is 7.70. The van der Waals surface area contributed by atoms with Gasteiger partial charge in [-0.25, -0.2) is 4.90 Å².